The zero-order valence-corrected chi connectivity index (χ0v) is 7.18. The first-order chi connectivity index (χ1) is 5.38. The molecular formula is C9H17NO. The van der Waals surface area contributed by atoms with E-state index in [2.05, 4.69) is 12.2 Å². The van der Waals surface area contributed by atoms with Crippen LogP contribution in [0.1, 0.15) is 32.6 Å². The lowest BCUT2D eigenvalue weighted by Gasteiger charge is -2.18. The summed E-state index contributed by atoms with van der Waals surface area (Å²) in [6, 6.07) is 0.127. The standard InChI is InChI=1S/C9H17NO/c1-2-8-5-3-4-6-10-9(8)7-11/h7-10H,2-6H2,1H3. The van der Waals surface area contributed by atoms with Crippen LogP contribution in [-0.2, 0) is 4.79 Å². The summed E-state index contributed by atoms with van der Waals surface area (Å²) in [5, 5.41) is 3.26. The molecule has 1 aliphatic rings. The number of carbonyl (C=O) groups is 1. The highest BCUT2D eigenvalue weighted by Gasteiger charge is 2.20. The van der Waals surface area contributed by atoms with Gasteiger partial charge in [-0.2, -0.15) is 0 Å². The molecule has 2 nitrogen and oxygen atoms in total. The Morgan fingerprint density at radius 2 is 2.36 bits per heavy atom. The Labute approximate surface area is 68.4 Å². The lowest BCUT2D eigenvalue weighted by atomic mass is 9.94. The summed E-state index contributed by atoms with van der Waals surface area (Å²) in [7, 11) is 0. The monoisotopic (exact) mass is 155 g/mol. The second-order valence-electron chi connectivity index (χ2n) is 3.28. The van der Waals surface area contributed by atoms with E-state index in [0.717, 1.165) is 19.3 Å². The van der Waals surface area contributed by atoms with Gasteiger partial charge in [-0.15, -0.1) is 0 Å². The van der Waals surface area contributed by atoms with Gasteiger partial charge in [-0.1, -0.05) is 19.8 Å². The van der Waals surface area contributed by atoms with E-state index in [0.29, 0.717) is 5.92 Å². The normalized spacial score (nSPS) is 32.8. The lowest BCUT2D eigenvalue weighted by molar-refractivity contribution is -0.110. The molecule has 0 aliphatic carbocycles. The molecule has 0 aromatic carbocycles. The summed E-state index contributed by atoms with van der Waals surface area (Å²) >= 11 is 0. The summed E-state index contributed by atoms with van der Waals surface area (Å²) in [6.45, 7) is 3.17. The van der Waals surface area contributed by atoms with E-state index in [4.69, 9.17) is 0 Å². The third kappa shape index (κ3) is 2.29. The number of aldehydes is 1. The molecule has 11 heavy (non-hydrogen) atoms. The van der Waals surface area contributed by atoms with Gasteiger partial charge in [0, 0.05) is 0 Å². The molecule has 0 amide bonds. The average Bonchev–Trinajstić information content (AvgIpc) is 2.27. The molecule has 1 N–H and O–H groups in total. The molecule has 1 aliphatic heterocycles. The van der Waals surface area contributed by atoms with Crippen molar-refractivity contribution in [3.63, 3.8) is 0 Å². The van der Waals surface area contributed by atoms with Crippen LogP contribution in [0.4, 0.5) is 0 Å². The molecule has 0 saturated carbocycles. The SMILES string of the molecule is CCC1CCCCNC1C=O. The van der Waals surface area contributed by atoms with Gasteiger partial charge in [-0.25, -0.2) is 0 Å². The molecule has 2 heteroatoms. The van der Waals surface area contributed by atoms with E-state index in [-0.39, 0.29) is 6.04 Å². The Kier molecular flexibility index (Phi) is 3.57. The van der Waals surface area contributed by atoms with Crippen LogP contribution in [0, 0.1) is 5.92 Å². The average molecular weight is 155 g/mol. The van der Waals surface area contributed by atoms with Crippen molar-refractivity contribution in [2.45, 2.75) is 38.6 Å². The van der Waals surface area contributed by atoms with Crippen molar-refractivity contribution in [1.82, 2.24) is 5.32 Å². The minimum Gasteiger partial charge on any atom is -0.307 e. The van der Waals surface area contributed by atoms with Crippen LogP contribution in [0.3, 0.4) is 0 Å². The third-order valence-corrected chi connectivity index (χ3v) is 2.56. The fraction of sp³-hybridized carbons (Fsp3) is 0.889. The van der Waals surface area contributed by atoms with Crippen LogP contribution in [0.25, 0.3) is 0 Å². The Hall–Kier alpha value is -0.370. The lowest BCUT2D eigenvalue weighted by Crippen LogP contribution is -2.35. The molecule has 1 saturated heterocycles. The van der Waals surface area contributed by atoms with Crippen LogP contribution < -0.4 is 5.32 Å². The quantitative estimate of drug-likeness (QED) is 0.610. The number of rotatable bonds is 2. The van der Waals surface area contributed by atoms with Gasteiger partial charge in [0.1, 0.15) is 6.29 Å². The van der Waals surface area contributed by atoms with E-state index < -0.39 is 0 Å². The summed E-state index contributed by atoms with van der Waals surface area (Å²) in [4.78, 5) is 10.6. The Bertz CT molecular complexity index is 125. The molecule has 0 aromatic rings. The summed E-state index contributed by atoms with van der Waals surface area (Å²) in [5.74, 6) is 0.579. The summed E-state index contributed by atoms with van der Waals surface area (Å²) in [5.41, 5.74) is 0. The van der Waals surface area contributed by atoms with Crippen molar-refractivity contribution in [2.24, 2.45) is 5.92 Å². The van der Waals surface area contributed by atoms with Gasteiger partial charge in [0.15, 0.2) is 0 Å². The second kappa shape index (κ2) is 4.50. The smallest absolute Gasteiger partial charge is 0.137 e. The van der Waals surface area contributed by atoms with Crippen LogP contribution in [0.15, 0.2) is 0 Å². The largest absolute Gasteiger partial charge is 0.307 e. The van der Waals surface area contributed by atoms with Gasteiger partial charge >= 0.3 is 0 Å². The molecular weight excluding hydrogens is 138 g/mol. The second-order valence-corrected chi connectivity index (χ2v) is 3.28. The van der Waals surface area contributed by atoms with E-state index >= 15 is 0 Å². The maximum absolute atomic E-state index is 10.6. The topological polar surface area (TPSA) is 29.1 Å². The number of hydrogen-bond acceptors (Lipinski definition) is 2. The summed E-state index contributed by atoms with van der Waals surface area (Å²) < 4.78 is 0. The number of carbonyl (C=O) groups excluding carboxylic acids is 1. The van der Waals surface area contributed by atoms with Gasteiger partial charge in [0.2, 0.25) is 0 Å². The molecule has 0 bridgehead atoms. The van der Waals surface area contributed by atoms with Gasteiger partial charge in [0.05, 0.1) is 6.04 Å². The van der Waals surface area contributed by atoms with Crippen LogP contribution in [-0.4, -0.2) is 18.9 Å². The third-order valence-electron chi connectivity index (χ3n) is 2.56. The Balaban J connectivity index is 2.47. The number of nitrogens with one attached hydrogen (secondary N) is 1. The van der Waals surface area contributed by atoms with Gasteiger partial charge in [-0.3, -0.25) is 0 Å². The Morgan fingerprint density at radius 1 is 1.55 bits per heavy atom. The first kappa shape index (κ1) is 8.72. The van der Waals surface area contributed by atoms with Crippen LogP contribution in [0.5, 0.6) is 0 Å². The van der Waals surface area contributed by atoms with Crippen LogP contribution in [0.2, 0.25) is 0 Å². The highest BCUT2D eigenvalue weighted by Crippen LogP contribution is 2.18. The van der Waals surface area contributed by atoms with E-state index in [1.165, 1.54) is 19.3 Å². The van der Waals surface area contributed by atoms with E-state index in [9.17, 15) is 4.79 Å². The van der Waals surface area contributed by atoms with Crippen molar-refractivity contribution in [2.75, 3.05) is 6.54 Å². The zero-order valence-electron chi connectivity index (χ0n) is 7.18. The molecule has 2 atom stereocenters. The van der Waals surface area contributed by atoms with Crippen molar-refractivity contribution >= 4 is 6.29 Å². The predicted molar refractivity (Wildman–Crippen MR) is 45.5 cm³/mol. The maximum Gasteiger partial charge on any atom is 0.137 e. The molecule has 0 aromatic heterocycles. The van der Waals surface area contributed by atoms with E-state index in [1.807, 2.05) is 0 Å². The van der Waals surface area contributed by atoms with Crippen molar-refractivity contribution < 1.29 is 4.79 Å². The summed E-state index contributed by atoms with van der Waals surface area (Å²) in [6.07, 6.45) is 5.90. The van der Waals surface area contributed by atoms with Gasteiger partial charge in [0.25, 0.3) is 0 Å². The molecule has 1 heterocycles. The minimum absolute atomic E-state index is 0.127. The molecule has 2 unspecified atom stereocenters. The fourth-order valence-corrected chi connectivity index (χ4v) is 1.76. The molecule has 64 valence electrons. The fourth-order valence-electron chi connectivity index (χ4n) is 1.76. The first-order valence-electron chi connectivity index (χ1n) is 4.57. The first-order valence-corrected chi connectivity index (χ1v) is 4.57. The zero-order chi connectivity index (χ0) is 8.10. The highest BCUT2D eigenvalue weighted by molar-refractivity contribution is 5.58. The predicted octanol–water partition coefficient (Wildman–Crippen LogP) is 1.35. The van der Waals surface area contributed by atoms with E-state index in [1.54, 1.807) is 0 Å². The van der Waals surface area contributed by atoms with Gasteiger partial charge in [-0.05, 0) is 25.3 Å². The van der Waals surface area contributed by atoms with Crippen molar-refractivity contribution in [3.8, 4) is 0 Å². The maximum atomic E-state index is 10.6. The molecule has 1 fully saturated rings. The van der Waals surface area contributed by atoms with Crippen molar-refractivity contribution in [3.05, 3.63) is 0 Å². The Morgan fingerprint density at radius 3 is 3.00 bits per heavy atom. The van der Waals surface area contributed by atoms with Gasteiger partial charge < -0.3 is 10.1 Å². The molecule has 1 rings (SSSR count). The minimum atomic E-state index is 0.127. The highest BCUT2D eigenvalue weighted by atomic mass is 16.1. The van der Waals surface area contributed by atoms with Crippen LogP contribution >= 0.6 is 0 Å². The number of hydrogen-bond donors (Lipinski definition) is 1. The molecule has 0 spiro atoms. The van der Waals surface area contributed by atoms with Crippen molar-refractivity contribution in [1.29, 1.82) is 0 Å². The molecule has 0 radical (unpaired) electrons.